The van der Waals surface area contributed by atoms with Gasteiger partial charge in [0.25, 0.3) is 0 Å². The summed E-state index contributed by atoms with van der Waals surface area (Å²) < 4.78 is 12.5. The van der Waals surface area contributed by atoms with E-state index in [0.29, 0.717) is 28.9 Å². The van der Waals surface area contributed by atoms with Gasteiger partial charge in [0.1, 0.15) is 24.2 Å². The molecule has 3 aromatic carbocycles. The number of benzene rings is 3. The molecule has 4 aromatic rings. The molecule has 1 heterocycles. The Bertz CT molecular complexity index is 1140. The summed E-state index contributed by atoms with van der Waals surface area (Å²) in [5, 5.41) is 0.540. The summed E-state index contributed by atoms with van der Waals surface area (Å²) in [6.45, 7) is 2.52. The molecule has 0 aliphatic rings. The third kappa shape index (κ3) is 3.81. The van der Waals surface area contributed by atoms with Gasteiger partial charge in [-0.2, -0.15) is 0 Å². The molecule has 27 heavy (non-hydrogen) atoms. The van der Waals surface area contributed by atoms with Crippen LogP contribution in [-0.2, 0) is 6.61 Å². The van der Waals surface area contributed by atoms with Crippen molar-refractivity contribution in [2.24, 2.45) is 0 Å². The van der Waals surface area contributed by atoms with Gasteiger partial charge in [-0.3, -0.25) is 4.79 Å². The van der Waals surface area contributed by atoms with E-state index in [9.17, 15) is 4.79 Å². The second-order valence-corrected chi connectivity index (χ2v) is 7.33. The maximum Gasteiger partial charge on any atom is 0.200 e. The molecule has 4 rings (SSSR count). The first kappa shape index (κ1) is 17.6. The van der Waals surface area contributed by atoms with Crippen LogP contribution in [0.1, 0.15) is 11.1 Å². The van der Waals surface area contributed by atoms with Gasteiger partial charge in [-0.1, -0.05) is 57.9 Å². The number of halogens is 1. The highest BCUT2D eigenvalue weighted by Crippen LogP contribution is 2.24. The molecule has 1 aromatic heterocycles. The van der Waals surface area contributed by atoms with Crippen molar-refractivity contribution in [2.75, 3.05) is 0 Å². The van der Waals surface area contributed by atoms with E-state index < -0.39 is 0 Å². The third-order valence-electron chi connectivity index (χ3n) is 4.43. The fourth-order valence-electron chi connectivity index (χ4n) is 2.88. The minimum Gasteiger partial charge on any atom is -0.489 e. The van der Waals surface area contributed by atoms with Gasteiger partial charge in [0.05, 0.1) is 10.9 Å². The lowest BCUT2D eigenvalue weighted by molar-refractivity contribution is 0.306. The summed E-state index contributed by atoms with van der Waals surface area (Å²) >= 11 is 3.40. The maximum absolute atomic E-state index is 12.8. The number of rotatable bonds is 4. The minimum absolute atomic E-state index is 0.0522. The van der Waals surface area contributed by atoms with Gasteiger partial charge in [-0.05, 0) is 42.3 Å². The zero-order chi connectivity index (χ0) is 18.8. The first-order valence-corrected chi connectivity index (χ1v) is 9.39. The van der Waals surface area contributed by atoms with E-state index in [1.54, 1.807) is 18.2 Å². The van der Waals surface area contributed by atoms with Crippen LogP contribution in [0.4, 0.5) is 0 Å². The van der Waals surface area contributed by atoms with E-state index in [4.69, 9.17) is 9.15 Å². The maximum atomic E-state index is 12.8. The Balaban J connectivity index is 1.61. The van der Waals surface area contributed by atoms with Crippen LogP contribution in [0.25, 0.3) is 22.1 Å². The summed E-state index contributed by atoms with van der Waals surface area (Å²) in [7, 11) is 0. The molecule has 0 radical (unpaired) electrons. The van der Waals surface area contributed by atoms with Crippen molar-refractivity contribution in [3.63, 3.8) is 0 Å². The highest BCUT2D eigenvalue weighted by molar-refractivity contribution is 9.10. The molecule has 0 unspecified atom stereocenters. The zero-order valence-electron chi connectivity index (χ0n) is 14.7. The normalized spacial score (nSPS) is 10.9. The lowest BCUT2D eigenvalue weighted by Crippen LogP contribution is -2.05. The van der Waals surface area contributed by atoms with E-state index in [1.807, 2.05) is 36.4 Å². The Morgan fingerprint density at radius 1 is 0.963 bits per heavy atom. The van der Waals surface area contributed by atoms with Crippen LogP contribution in [-0.4, -0.2) is 0 Å². The molecule has 4 heteroatoms. The molecule has 0 N–H and O–H groups in total. The van der Waals surface area contributed by atoms with Gasteiger partial charge >= 0.3 is 0 Å². The highest BCUT2D eigenvalue weighted by atomic mass is 79.9. The standard InChI is InChI=1S/C23H17BrO3/c1-15-2-4-16(5-3-15)13-26-19-10-11-20-22(12-19)27-14-21(23(20)25)17-6-8-18(24)9-7-17/h2-12,14H,13H2,1H3. The van der Waals surface area contributed by atoms with Gasteiger partial charge < -0.3 is 9.15 Å². The minimum atomic E-state index is -0.0522. The predicted octanol–water partition coefficient (Wildman–Crippen LogP) is 6.11. The van der Waals surface area contributed by atoms with Crippen LogP contribution in [0.5, 0.6) is 5.75 Å². The monoisotopic (exact) mass is 420 g/mol. The average Bonchev–Trinajstić information content (AvgIpc) is 2.69. The lowest BCUT2D eigenvalue weighted by Gasteiger charge is -2.08. The Hall–Kier alpha value is -2.85. The molecular weight excluding hydrogens is 404 g/mol. The first-order chi connectivity index (χ1) is 13.1. The summed E-state index contributed by atoms with van der Waals surface area (Å²) in [4.78, 5) is 12.8. The Morgan fingerprint density at radius 3 is 2.44 bits per heavy atom. The number of hydrogen-bond donors (Lipinski definition) is 0. The smallest absolute Gasteiger partial charge is 0.200 e. The summed E-state index contributed by atoms with van der Waals surface area (Å²) in [5.41, 5.74) is 4.14. The molecule has 0 spiro atoms. The zero-order valence-corrected chi connectivity index (χ0v) is 16.3. The van der Waals surface area contributed by atoms with E-state index >= 15 is 0 Å². The summed E-state index contributed by atoms with van der Waals surface area (Å²) in [6, 6.07) is 21.1. The second kappa shape index (κ2) is 7.41. The van der Waals surface area contributed by atoms with E-state index in [-0.39, 0.29) is 5.43 Å². The molecule has 0 bridgehead atoms. The van der Waals surface area contributed by atoms with Crippen LogP contribution in [0, 0.1) is 6.92 Å². The lowest BCUT2D eigenvalue weighted by atomic mass is 10.1. The van der Waals surface area contributed by atoms with Crippen molar-refractivity contribution >= 4 is 26.9 Å². The van der Waals surface area contributed by atoms with Crippen molar-refractivity contribution in [1.29, 1.82) is 0 Å². The second-order valence-electron chi connectivity index (χ2n) is 6.42. The Kier molecular flexibility index (Phi) is 4.82. The van der Waals surface area contributed by atoms with Gasteiger partial charge in [-0.25, -0.2) is 0 Å². The van der Waals surface area contributed by atoms with Crippen molar-refractivity contribution in [3.05, 3.63) is 98.8 Å². The third-order valence-corrected chi connectivity index (χ3v) is 4.96. The molecule has 0 aliphatic carbocycles. The largest absolute Gasteiger partial charge is 0.489 e. The summed E-state index contributed by atoms with van der Waals surface area (Å²) in [5.74, 6) is 0.669. The quantitative estimate of drug-likeness (QED) is 0.399. The van der Waals surface area contributed by atoms with E-state index in [0.717, 1.165) is 15.6 Å². The Morgan fingerprint density at radius 2 is 1.70 bits per heavy atom. The predicted molar refractivity (Wildman–Crippen MR) is 111 cm³/mol. The number of hydrogen-bond acceptors (Lipinski definition) is 3. The van der Waals surface area contributed by atoms with Crippen LogP contribution < -0.4 is 10.2 Å². The summed E-state index contributed by atoms with van der Waals surface area (Å²) in [6.07, 6.45) is 1.51. The molecule has 0 atom stereocenters. The topological polar surface area (TPSA) is 39.4 Å². The molecule has 3 nitrogen and oxygen atoms in total. The fourth-order valence-corrected chi connectivity index (χ4v) is 3.14. The van der Waals surface area contributed by atoms with Crippen molar-refractivity contribution in [3.8, 4) is 16.9 Å². The molecule has 134 valence electrons. The van der Waals surface area contributed by atoms with Crippen LogP contribution >= 0.6 is 15.9 Å². The first-order valence-electron chi connectivity index (χ1n) is 8.60. The molecule has 0 fully saturated rings. The highest BCUT2D eigenvalue weighted by Gasteiger charge is 2.10. The van der Waals surface area contributed by atoms with Gasteiger partial charge in [0, 0.05) is 10.5 Å². The van der Waals surface area contributed by atoms with Crippen LogP contribution in [0.3, 0.4) is 0 Å². The molecule has 0 saturated heterocycles. The van der Waals surface area contributed by atoms with Gasteiger partial charge in [0.2, 0.25) is 0 Å². The molecule has 0 amide bonds. The number of fused-ring (bicyclic) bond motifs is 1. The SMILES string of the molecule is Cc1ccc(COc2ccc3c(=O)c(-c4ccc(Br)cc4)coc3c2)cc1. The van der Waals surface area contributed by atoms with Crippen LogP contribution in [0.2, 0.25) is 0 Å². The molecule has 0 saturated carbocycles. The number of ether oxygens (including phenoxy) is 1. The van der Waals surface area contributed by atoms with E-state index in [1.165, 1.54) is 11.8 Å². The molecular formula is C23H17BrO3. The molecule has 0 aliphatic heterocycles. The van der Waals surface area contributed by atoms with Crippen molar-refractivity contribution in [1.82, 2.24) is 0 Å². The van der Waals surface area contributed by atoms with Crippen molar-refractivity contribution in [2.45, 2.75) is 13.5 Å². The van der Waals surface area contributed by atoms with Gasteiger partial charge in [-0.15, -0.1) is 0 Å². The van der Waals surface area contributed by atoms with E-state index in [2.05, 4.69) is 35.0 Å². The van der Waals surface area contributed by atoms with Crippen LogP contribution in [0.15, 0.2) is 86.7 Å². The fraction of sp³-hybridized carbons (Fsp3) is 0.0870. The van der Waals surface area contributed by atoms with Crippen molar-refractivity contribution < 1.29 is 9.15 Å². The Labute approximate surface area is 165 Å². The number of aryl methyl sites for hydroxylation is 1. The van der Waals surface area contributed by atoms with Gasteiger partial charge in [0.15, 0.2) is 5.43 Å². The average molecular weight is 421 g/mol.